The van der Waals surface area contributed by atoms with Crippen LogP contribution in [0.2, 0.25) is 0 Å². The summed E-state index contributed by atoms with van der Waals surface area (Å²) in [6.45, 7) is 15.7. The molecule has 1 N–H and O–H groups in total. The average Bonchev–Trinajstić information content (AvgIpc) is 2.93. The monoisotopic (exact) mass is 624 g/mol. The van der Waals surface area contributed by atoms with Crippen molar-refractivity contribution in [3.63, 3.8) is 0 Å². The Bertz CT molecular complexity index is 1310. The molecule has 7 nitrogen and oxygen atoms in total. The molecule has 0 amide bonds. The van der Waals surface area contributed by atoms with E-state index in [-0.39, 0.29) is 16.6 Å². The maximum atomic E-state index is 11.5. The lowest BCUT2D eigenvalue weighted by Crippen LogP contribution is -2.30. The summed E-state index contributed by atoms with van der Waals surface area (Å²) in [5.41, 5.74) is 1.60. The second-order valence-electron chi connectivity index (χ2n) is 13.7. The Hall–Kier alpha value is -2.99. The van der Waals surface area contributed by atoms with Crippen LogP contribution in [0.5, 0.6) is 28.7 Å². The number of benzene rings is 3. The van der Waals surface area contributed by atoms with E-state index >= 15 is 0 Å². The van der Waals surface area contributed by atoms with Gasteiger partial charge in [0.15, 0.2) is 0 Å². The van der Waals surface area contributed by atoms with Gasteiger partial charge in [-0.05, 0) is 77.3 Å². The van der Waals surface area contributed by atoms with Gasteiger partial charge < -0.3 is 33.9 Å². The predicted molar refractivity (Wildman–Crippen MR) is 185 cm³/mol. The summed E-state index contributed by atoms with van der Waals surface area (Å²) < 4.78 is 25.3. The molecule has 0 heterocycles. The largest absolute Gasteiger partial charge is 0.507 e. The molecule has 0 aliphatic heterocycles. The molecule has 0 aliphatic carbocycles. The number of para-hydroxylation sites is 1. The number of hydrogen-bond acceptors (Lipinski definition) is 7. The van der Waals surface area contributed by atoms with E-state index in [1.807, 2.05) is 46.4 Å². The second kappa shape index (κ2) is 14.9. The fraction of sp³-hybridized carbons (Fsp3) is 0.500. The summed E-state index contributed by atoms with van der Waals surface area (Å²) in [5.74, 6) is 3.32. The highest BCUT2D eigenvalue weighted by Gasteiger charge is 2.34. The molecule has 8 heteroatoms. The first-order valence-electron chi connectivity index (χ1n) is 15.2. The van der Waals surface area contributed by atoms with Crippen molar-refractivity contribution in [2.24, 2.45) is 0 Å². The molecule has 3 aromatic carbocycles. The fourth-order valence-corrected chi connectivity index (χ4v) is 7.47. The zero-order valence-corrected chi connectivity index (χ0v) is 29.8. The first kappa shape index (κ1) is 35.5. The first-order chi connectivity index (χ1) is 20.6. The number of phenols is 1. The molecule has 0 bridgehead atoms. The molecule has 0 spiro atoms. The van der Waals surface area contributed by atoms with Gasteiger partial charge in [0, 0.05) is 40.1 Å². The maximum Gasteiger partial charge on any atom is 0.131 e. The van der Waals surface area contributed by atoms with Gasteiger partial charge in [0.05, 0.1) is 14.2 Å². The van der Waals surface area contributed by atoms with E-state index in [0.717, 1.165) is 63.1 Å². The van der Waals surface area contributed by atoms with E-state index in [4.69, 9.17) is 18.9 Å². The van der Waals surface area contributed by atoms with Crippen molar-refractivity contribution in [3.8, 4) is 28.7 Å². The smallest absolute Gasteiger partial charge is 0.131 e. The number of likely N-dealkylation sites (N-methyl/N-ethyl adjacent to an activating group) is 2. The molecule has 0 atom stereocenters. The minimum Gasteiger partial charge on any atom is -0.507 e. The molecule has 0 fully saturated rings. The quantitative estimate of drug-likeness (QED) is 0.247. The average molecular weight is 625 g/mol. The standard InChI is InChI=1S/C36H53N2O5P/c1-35(2,3)27-21-25(40-11)23-31(33(27)42-19-17-37(7)8)44(30-16-14-13-15-29(30)39)32-24-26(41-12)22-28(36(4,5)6)34(32)43-20-18-38(9)10/h13-16,21-24,39H,17-20H2,1-12H3. The Morgan fingerprint density at radius 2 is 1.05 bits per heavy atom. The number of rotatable bonds is 13. The van der Waals surface area contributed by atoms with Crippen LogP contribution >= 0.6 is 7.92 Å². The van der Waals surface area contributed by atoms with Gasteiger partial charge in [0.1, 0.15) is 42.0 Å². The summed E-state index contributed by atoms with van der Waals surface area (Å²) in [5, 5.41) is 14.2. The van der Waals surface area contributed by atoms with Gasteiger partial charge in [-0.3, -0.25) is 0 Å². The van der Waals surface area contributed by atoms with E-state index in [1.54, 1.807) is 20.3 Å². The number of phenolic OH excluding ortho intramolecular Hbond substituents is 1. The lowest BCUT2D eigenvalue weighted by molar-refractivity contribution is 0.258. The zero-order valence-electron chi connectivity index (χ0n) is 28.9. The Morgan fingerprint density at radius 1 is 0.636 bits per heavy atom. The normalized spacial score (nSPS) is 12.2. The lowest BCUT2D eigenvalue weighted by Gasteiger charge is -2.32. The SMILES string of the molecule is COc1cc(P(c2ccccc2O)c2cc(OC)cc(C(C)(C)C)c2OCCN(C)C)c(OCCN(C)C)c(C(C)(C)C)c1. The highest BCUT2D eigenvalue weighted by atomic mass is 31.1. The van der Waals surface area contributed by atoms with Crippen molar-refractivity contribution < 1.29 is 24.1 Å². The summed E-state index contributed by atoms with van der Waals surface area (Å²) >= 11 is 0. The number of hydrogen-bond donors (Lipinski definition) is 1. The summed E-state index contributed by atoms with van der Waals surface area (Å²) in [7, 11) is 10.1. The Labute approximate surface area is 266 Å². The minimum atomic E-state index is -1.43. The van der Waals surface area contributed by atoms with Gasteiger partial charge in [-0.2, -0.15) is 0 Å². The van der Waals surface area contributed by atoms with Crippen LogP contribution in [-0.4, -0.2) is 83.6 Å². The van der Waals surface area contributed by atoms with E-state index in [9.17, 15) is 5.11 Å². The number of methoxy groups -OCH3 is 2. The van der Waals surface area contributed by atoms with Crippen LogP contribution in [0.25, 0.3) is 0 Å². The van der Waals surface area contributed by atoms with Crippen molar-refractivity contribution in [2.45, 2.75) is 52.4 Å². The third-order valence-electron chi connectivity index (χ3n) is 7.35. The van der Waals surface area contributed by atoms with Crippen molar-refractivity contribution in [1.82, 2.24) is 9.80 Å². The van der Waals surface area contributed by atoms with Crippen LogP contribution in [0, 0.1) is 0 Å². The van der Waals surface area contributed by atoms with E-state index < -0.39 is 7.92 Å². The second-order valence-corrected chi connectivity index (χ2v) is 15.8. The fourth-order valence-electron chi connectivity index (χ4n) is 4.86. The van der Waals surface area contributed by atoms with E-state index in [2.05, 4.69) is 75.6 Å². The van der Waals surface area contributed by atoms with Gasteiger partial charge in [-0.25, -0.2) is 0 Å². The van der Waals surface area contributed by atoms with Crippen molar-refractivity contribution in [3.05, 3.63) is 59.7 Å². The Morgan fingerprint density at radius 3 is 1.39 bits per heavy atom. The topological polar surface area (TPSA) is 63.6 Å². The van der Waals surface area contributed by atoms with E-state index in [0.29, 0.717) is 13.2 Å². The number of ether oxygens (including phenoxy) is 4. The molecule has 44 heavy (non-hydrogen) atoms. The van der Waals surface area contributed by atoms with Crippen LogP contribution in [0.1, 0.15) is 52.7 Å². The number of aromatic hydroxyl groups is 1. The molecule has 0 radical (unpaired) electrons. The van der Waals surface area contributed by atoms with Crippen molar-refractivity contribution in [2.75, 3.05) is 68.7 Å². The van der Waals surface area contributed by atoms with Crippen molar-refractivity contribution >= 4 is 23.8 Å². The van der Waals surface area contributed by atoms with E-state index in [1.165, 1.54) is 0 Å². The summed E-state index contributed by atoms with van der Waals surface area (Å²) in [6.07, 6.45) is 0. The first-order valence-corrected chi connectivity index (χ1v) is 16.5. The van der Waals surface area contributed by atoms with Crippen LogP contribution in [0.4, 0.5) is 0 Å². The third-order valence-corrected chi connectivity index (χ3v) is 9.84. The summed E-state index contributed by atoms with van der Waals surface area (Å²) in [6, 6.07) is 15.9. The molecule has 242 valence electrons. The van der Waals surface area contributed by atoms with Gasteiger partial charge in [-0.15, -0.1) is 0 Å². The summed E-state index contributed by atoms with van der Waals surface area (Å²) in [4.78, 5) is 4.22. The molecular formula is C36H53N2O5P. The molecular weight excluding hydrogens is 571 g/mol. The van der Waals surface area contributed by atoms with Gasteiger partial charge in [0.2, 0.25) is 0 Å². The van der Waals surface area contributed by atoms with Gasteiger partial charge in [0.25, 0.3) is 0 Å². The van der Waals surface area contributed by atoms with Crippen LogP contribution in [0.15, 0.2) is 48.5 Å². The van der Waals surface area contributed by atoms with Gasteiger partial charge >= 0.3 is 0 Å². The highest BCUT2D eigenvalue weighted by molar-refractivity contribution is 7.80. The molecule has 0 aromatic heterocycles. The van der Waals surface area contributed by atoms with Crippen LogP contribution < -0.4 is 34.9 Å². The highest BCUT2D eigenvalue weighted by Crippen LogP contribution is 2.48. The minimum absolute atomic E-state index is 0.220. The number of nitrogens with zero attached hydrogens (tertiary/aromatic N) is 2. The molecule has 3 aromatic rings. The lowest BCUT2D eigenvalue weighted by atomic mass is 9.86. The maximum absolute atomic E-state index is 11.5. The Balaban J connectivity index is 2.52. The predicted octanol–water partition coefficient (Wildman–Crippen LogP) is 5.64. The van der Waals surface area contributed by atoms with Gasteiger partial charge in [-0.1, -0.05) is 59.7 Å². The third kappa shape index (κ3) is 8.80. The molecule has 3 rings (SSSR count). The van der Waals surface area contributed by atoms with Crippen LogP contribution in [-0.2, 0) is 10.8 Å². The molecule has 0 aliphatic rings. The zero-order chi connectivity index (χ0) is 32.8. The van der Waals surface area contributed by atoms with Crippen LogP contribution in [0.3, 0.4) is 0 Å². The molecule has 0 saturated carbocycles. The molecule has 0 unspecified atom stereocenters. The molecule has 0 saturated heterocycles. The Kier molecular flexibility index (Phi) is 12.0. The van der Waals surface area contributed by atoms with Crippen molar-refractivity contribution in [1.29, 1.82) is 0 Å².